The number of aliphatic hydroxyl groups excluding tert-OH is 2. The van der Waals surface area contributed by atoms with Crippen molar-refractivity contribution in [2.45, 2.75) is 64.1 Å². The topological polar surface area (TPSA) is 43.7 Å². The molecule has 2 rings (SSSR count). The lowest BCUT2D eigenvalue weighted by atomic mass is 9.91. The molecule has 2 atom stereocenters. The summed E-state index contributed by atoms with van der Waals surface area (Å²) in [5.41, 5.74) is 0. The molecule has 2 aliphatic rings. The minimum atomic E-state index is -0.171. The molecular formula is C15H29NO2. The van der Waals surface area contributed by atoms with Crippen LogP contribution in [0.2, 0.25) is 0 Å². The Balaban J connectivity index is 1.64. The molecule has 0 aromatic carbocycles. The molecule has 18 heavy (non-hydrogen) atoms. The molecule has 3 nitrogen and oxygen atoms in total. The van der Waals surface area contributed by atoms with Crippen LogP contribution in [0.4, 0.5) is 0 Å². The van der Waals surface area contributed by atoms with Gasteiger partial charge in [-0.3, -0.25) is 0 Å². The van der Waals surface area contributed by atoms with Gasteiger partial charge in [-0.25, -0.2) is 0 Å². The van der Waals surface area contributed by atoms with Crippen molar-refractivity contribution in [3.63, 3.8) is 0 Å². The van der Waals surface area contributed by atoms with Gasteiger partial charge < -0.3 is 15.1 Å². The van der Waals surface area contributed by atoms with Crippen LogP contribution in [0.3, 0.4) is 0 Å². The van der Waals surface area contributed by atoms with E-state index in [1.807, 2.05) is 6.92 Å². The number of aliphatic hydroxyl groups is 2. The molecule has 2 fully saturated rings. The lowest BCUT2D eigenvalue weighted by Crippen LogP contribution is -2.41. The van der Waals surface area contributed by atoms with E-state index in [1.165, 1.54) is 25.7 Å². The maximum atomic E-state index is 10.1. The third-order valence-corrected chi connectivity index (χ3v) is 4.86. The highest BCUT2D eigenvalue weighted by atomic mass is 16.3. The van der Waals surface area contributed by atoms with Crippen molar-refractivity contribution in [3.05, 3.63) is 0 Å². The van der Waals surface area contributed by atoms with Gasteiger partial charge in [0, 0.05) is 6.54 Å². The fourth-order valence-corrected chi connectivity index (χ4v) is 3.62. The average Bonchev–Trinajstić information content (AvgIpc) is 2.82. The maximum absolute atomic E-state index is 10.1. The second-order valence-electron chi connectivity index (χ2n) is 6.42. The van der Waals surface area contributed by atoms with E-state index in [4.69, 9.17) is 0 Å². The van der Waals surface area contributed by atoms with Crippen molar-refractivity contribution in [2.75, 3.05) is 19.6 Å². The van der Waals surface area contributed by atoms with Crippen molar-refractivity contribution < 1.29 is 10.2 Å². The van der Waals surface area contributed by atoms with Crippen LogP contribution in [0.25, 0.3) is 0 Å². The average molecular weight is 255 g/mol. The van der Waals surface area contributed by atoms with Gasteiger partial charge in [-0.2, -0.15) is 0 Å². The zero-order valence-electron chi connectivity index (χ0n) is 11.7. The van der Waals surface area contributed by atoms with E-state index < -0.39 is 0 Å². The first-order valence-corrected chi connectivity index (χ1v) is 7.73. The smallest absolute Gasteiger partial charge is 0.0669 e. The van der Waals surface area contributed by atoms with Gasteiger partial charge in [0.05, 0.1) is 12.2 Å². The molecular weight excluding hydrogens is 226 g/mol. The van der Waals surface area contributed by atoms with Crippen LogP contribution in [0.1, 0.15) is 51.9 Å². The van der Waals surface area contributed by atoms with Crippen LogP contribution in [0.15, 0.2) is 0 Å². The van der Waals surface area contributed by atoms with E-state index in [0.717, 1.165) is 44.8 Å². The van der Waals surface area contributed by atoms with E-state index >= 15 is 0 Å². The second-order valence-corrected chi connectivity index (χ2v) is 6.42. The van der Waals surface area contributed by atoms with Gasteiger partial charge in [0.2, 0.25) is 0 Å². The van der Waals surface area contributed by atoms with E-state index in [-0.39, 0.29) is 12.2 Å². The molecule has 0 bridgehead atoms. The number of hydrogen-bond acceptors (Lipinski definition) is 3. The Labute approximate surface area is 111 Å². The summed E-state index contributed by atoms with van der Waals surface area (Å²) in [4.78, 5) is 2.37. The standard InChI is InChI=1S/C15H29NO2/c1-12(17)14-6-8-16(9-7-14)11-15(18)10-13-4-2-3-5-13/h12-15,17-18H,2-11H2,1H3. The Bertz CT molecular complexity index is 231. The molecule has 0 spiro atoms. The van der Waals surface area contributed by atoms with Crippen molar-refractivity contribution in [3.8, 4) is 0 Å². The summed E-state index contributed by atoms with van der Waals surface area (Å²) in [6.07, 6.45) is 8.20. The second kappa shape index (κ2) is 6.88. The molecule has 0 aromatic heterocycles. The molecule has 1 heterocycles. The van der Waals surface area contributed by atoms with Crippen molar-refractivity contribution >= 4 is 0 Å². The molecule has 0 amide bonds. The Kier molecular flexibility index (Phi) is 5.46. The highest BCUT2D eigenvalue weighted by molar-refractivity contribution is 4.78. The van der Waals surface area contributed by atoms with Crippen LogP contribution < -0.4 is 0 Å². The summed E-state index contributed by atoms with van der Waals surface area (Å²) in [6, 6.07) is 0. The predicted octanol–water partition coefficient (Wildman–Crippen LogP) is 2.02. The fourth-order valence-electron chi connectivity index (χ4n) is 3.62. The van der Waals surface area contributed by atoms with Gasteiger partial charge >= 0.3 is 0 Å². The zero-order valence-corrected chi connectivity index (χ0v) is 11.7. The zero-order chi connectivity index (χ0) is 13.0. The highest BCUT2D eigenvalue weighted by Gasteiger charge is 2.25. The molecule has 3 heteroatoms. The van der Waals surface area contributed by atoms with Crippen molar-refractivity contribution in [1.82, 2.24) is 4.90 Å². The number of hydrogen-bond donors (Lipinski definition) is 2. The summed E-state index contributed by atoms with van der Waals surface area (Å²) in [5.74, 6) is 1.24. The molecule has 2 unspecified atom stereocenters. The SMILES string of the molecule is CC(O)C1CCN(CC(O)CC2CCCC2)CC1. The predicted molar refractivity (Wildman–Crippen MR) is 73.4 cm³/mol. The molecule has 1 aliphatic heterocycles. The summed E-state index contributed by atoms with van der Waals surface area (Å²) >= 11 is 0. The number of likely N-dealkylation sites (tertiary alicyclic amines) is 1. The van der Waals surface area contributed by atoms with Crippen molar-refractivity contribution in [1.29, 1.82) is 0 Å². The maximum Gasteiger partial charge on any atom is 0.0669 e. The van der Waals surface area contributed by atoms with Gasteiger partial charge in [0.1, 0.15) is 0 Å². The van der Waals surface area contributed by atoms with Gasteiger partial charge in [-0.05, 0) is 51.1 Å². The number of nitrogens with zero attached hydrogens (tertiary/aromatic N) is 1. The van der Waals surface area contributed by atoms with Crippen LogP contribution >= 0.6 is 0 Å². The first-order valence-electron chi connectivity index (χ1n) is 7.73. The normalized spacial score (nSPS) is 27.5. The minimum Gasteiger partial charge on any atom is -0.393 e. The summed E-state index contributed by atoms with van der Waals surface area (Å²) in [5, 5.41) is 19.7. The van der Waals surface area contributed by atoms with Gasteiger partial charge in [-0.15, -0.1) is 0 Å². The molecule has 106 valence electrons. The third kappa shape index (κ3) is 4.22. The molecule has 1 saturated heterocycles. The lowest BCUT2D eigenvalue weighted by Gasteiger charge is -2.34. The summed E-state index contributed by atoms with van der Waals surface area (Å²) in [6.45, 7) is 4.81. The summed E-state index contributed by atoms with van der Waals surface area (Å²) in [7, 11) is 0. The first-order chi connectivity index (χ1) is 8.65. The summed E-state index contributed by atoms with van der Waals surface area (Å²) < 4.78 is 0. The molecule has 1 saturated carbocycles. The number of β-amino-alcohol motifs (C(OH)–C–C–N with tert-alkyl or cyclic N) is 1. The number of rotatable bonds is 5. The van der Waals surface area contributed by atoms with Gasteiger partial charge in [0.15, 0.2) is 0 Å². The Morgan fingerprint density at radius 1 is 1.06 bits per heavy atom. The quantitative estimate of drug-likeness (QED) is 0.790. The molecule has 2 N–H and O–H groups in total. The Hall–Kier alpha value is -0.120. The molecule has 1 aliphatic carbocycles. The van der Waals surface area contributed by atoms with Gasteiger partial charge in [0.25, 0.3) is 0 Å². The van der Waals surface area contributed by atoms with Crippen molar-refractivity contribution in [2.24, 2.45) is 11.8 Å². The first kappa shape index (κ1) is 14.3. The van der Waals surface area contributed by atoms with Crippen LogP contribution in [-0.4, -0.2) is 47.0 Å². The van der Waals surface area contributed by atoms with Crippen LogP contribution in [0.5, 0.6) is 0 Å². The van der Waals surface area contributed by atoms with Gasteiger partial charge in [-0.1, -0.05) is 25.7 Å². The minimum absolute atomic E-state index is 0.142. The Morgan fingerprint density at radius 2 is 1.67 bits per heavy atom. The number of piperidine rings is 1. The van der Waals surface area contributed by atoms with E-state index in [0.29, 0.717) is 5.92 Å². The van der Waals surface area contributed by atoms with Crippen LogP contribution in [-0.2, 0) is 0 Å². The fraction of sp³-hybridized carbons (Fsp3) is 1.00. The van der Waals surface area contributed by atoms with E-state index in [1.54, 1.807) is 0 Å². The van der Waals surface area contributed by atoms with E-state index in [2.05, 4.69) is 4.90 Å². The monoisotopic (exact) mass is 255 g/mol. The van der Waals surface area contributed by atoms with E-state index in [9.17, 15) is 10.2 Å². The molecule has 0 radical (unpaired) electrons. The third-order valence-electron chi connectivity index (χ3n) is 4.86. The highest BCUT2D eigenvalue weighted by Crippen LogP contribution is 2.29. The van der Waals surface area contributed by atoms with Crippen LogP contribution in [0, 0.1) is 11.8 Å². The largest absolute Gasteiger partial charge is 0.393 e. The Morgan fingerprint density at radius 3 is 2.22 bits per heavy atom. The molecule has 0 aromatic rings. The lowest BCUT2D eigenvalue weighted by molar-refractivity contribution is 0.0423.